The highest BCUT2D eigenvalue weighted by Crippen LogP contribution is 2.24. The normalized spacial score (nSPS) is 20.2. The number of carbonyl (C=O) groups excluding carboxylic acids is 1. The number of nitrogens with zero attached hydrogens (tertiary/aromatic N) is 2. The van der Waals surface area contributed by atoms with E-state index in [-0.39, 0.29) is 5.91 Å². The molecule has 0 saturated carbocycles. The van der Waals surface area contributed by atoms with Crippen molar-refractivity contribution in [2.24, 2.45) is 5.92 Å². The molecule has 3 nitrogen and oxygen atoms in total. The third-order valence-electron chi connectivity index (χ3n) is 3.05. The molecule has 1 unspecified atom stereocenters. The Labute approximate surface area is 111 Å². The summed E-state index contributed by atoms with van der Waals surface area (Å²) in [7, 11) is 0. The first kappa shape index (κ1) is 12.8. The summed E-state index contributed by atoms with van der Waals surface area (Å²) < 4.78 is 0. The van der Waals surface area contributed by atoms with Crippen LogP contribution in [0, 0.1) is 5.92 Å². The number of rotatable bonds is 5. The number of carbonyl (C=O) groups is 1. The lowest BCUT2D eigenvalue weighted by Crippen LogP contribution is -2.24. The summed E-state index contributed by atoms with van der Waals surface area (Å²) in [6, 6.07) is 0. The molecule has 0 radical (unpaired) electrons. The van der Waals surface area contributed by atoms with Crippen LogP contribution in [-0.4, -0.2) is 22.3 Å². The molecule has 0 bridgehead atoms. The van der Waals surface area contributed by atoms with Crippen molar-refractivity contribution in [3.8, 4) is 0 Å². The zero-order valence-electron chi connectivity index (χ0n) is 9.99. The van der Waals surface area contributed by atoms with Crippen molar-refractivity contribution in [2.45, 2.75) is 38.6 Å². The van der Waals surface area contributed by atoms with E-state index in [1.807, 2.05) is 10.3 Å². The van der Waals surface area contributed by atoms with Crippen molar-refractivity contribution in [3.05, 3.63) is 16.1 Å². The quantitative estimate of drug-likeness (QED) is 0.772. The Hall–Kier alpha value is -0.610. The average Bonchev–Trinajstić information content (AvgIpc) is 2.88. The number of amides is 1. The molecule has 0 N–H and O–H groups in total. The highest BCUT2D eigenvalue weighted by molar-refractivity contribution is 7.09. The van der Waals surface area contributed by atoms with Crippen LogP contribution in [-0.2, 0) is 17.2 Å². The van der Waals surface area contributed by atoms with Crippen LogP contribution in [0.25, 0.3) is 0 Å². The first-order valence-electron chi connectivity index (χ1n) is 6.00. The third kappa shape index (κ3) is 3.19. The summed E-state index contributed by atoms with van der Waals surface area (Å²) in [5.41, 5.74) is 0.906. The summed E-state index contributed by atoms with van der Waals surface area (Å²) in [5, 5.41) is 2.96. The van der Waals surface area contributed by atoms with Crippen LogP contribution in [0.1, 0.15) is 36.9 Å². The van der Waals surface area contributed by atoms with Crippen molar-refractivity contribution >= 4 is 28.8 Å². The zero-order valence-corrected chi connectivity index (χ0v) is 11.6. The molecule has 1 aliphatic rings. The third-order valence-corrected chi connectivity index (χ3v) is 4.21. The van der Waals surface area contributed by atoms with E-state index in [1.165, 1.54) is 0 Å². The van der Waals surface area contributed by atoms with E-state index in [2.05, 4.69) is 11.9 Å². The summed E-state index contributed by atoms with van der Waals surface area (Å²) in [4.78, 5) is 18.1. The number of halogens is 1. The average molecular weight is 273 g/mol. The van der Waals surface area contributed by atoms with Crippen molar-refractivity contribution in [2.75, 3.05) is 6.54 Å². The topological polar surface area (TPSA) is 33.2 Å². The van der Waals surface area contributed by atoms with E-state index in [0.29, 0.717) is 24.8 Å². The Morgan fingerprint density at radius 2 is 2.47 bits per heavy atom. The van der Waals surface area contributed by atoms with Crippen molar-refractivity contribution in [3.63, 3.8) is 0 Å². The number of hydrogen-bond donors (Lipinski definition) is 0. The fraction of sp³-hybridized carbons (Fsp3) is 0.667. The first-order chi connectivity index (χ1) is 8.22. The van der Waals surface area contributed by atoms with Gasteiger partial charge in [0.15, 0.2) is 0 Å². The molecule has 1 aliphatic heterocycles. The second-order valence-corrected chi connectivity index (χ2v) is 5.71. The van der Waals surface area contributed by atoms with Gasteiger partial charge in [-0.1, -0.05) is 13.3 Å². The van der Waals surface area contributed by atoms with Crippen LogP contribution in [0.3, 0.4) is 0 Å². The zero-order chi connectivity index (χ0) is 12.3. The van der Waals surface area contributed by atoms with Gasteiger partial charge in [-0.25, -0.2) is 4.98 Å². The van der Waals surface area contributed by atoms with Gasteiger partial charge < -0.3 is 4.90 Å². The molecule has 1 aromatic rings. The molecule has 1 amide bonds. The van der Waals surface area contributed by atoms with Crippen LogP contribution < -0.4 is 0 Å². The lowest BCUT2D eigenvalue weighted by atomic mass is 10.0. The Morgan fingerprint density at radius 1 is 1.65 bits per heavy atom. The van der Waals surface area contributed by atoms with Gasteiger partial charge in [-0.3, -0.25) is 4.79 Å². The van der Waals surface area contributed by atoms with Crippen LogP contribution in [0.5, 0.6) is 0 Å². The lowest BCUT2D eigenvalue weighted by molar-refractivity contribution is -0.128. The molecule has 0 aromatic carbocycles. The second-order valence-electron chi connectivity index (χ2n) is 4.50. The van der Waals surface area contributed by atoms with Gasteiger partial charge in [0.1, 0.15) is 5.01 Å². The molecular weight excluding hydrogens is 256 g/mol. The maximum atomic E-state index is 11.8. The predicted octanol–water partition coefficient (Wildman–Crippen LogP) is 3.03. The molecule has 94 valence electrons. The summed E-state index contributed by atoms with van der Waals surface area (Å²) in [6.07, 6.45) is 3.01. The van der Waals surface area contributed by atoms with Crippen molar-refractivity contribution in [1.82, 2.24) is 9.88 Å². The number of aromatic nitrogens is 1. The molecule has 5 heteroatoms. The molecular formula is C12H17ClN2OS. The predicted molar refractivity (Wildman–Crippen MR) is 70.1 cm³/mol. The van der Waals surface area contributed by atoms with Crippen molar-refractivity contribution in [1.29, 1.82) is 0 Å². The molecule has 17 heavy (non-hydrogen) atoms. The van der Waals surface area contributed by atoms with E-state index in [0.717, 1.165) is 30.1 Å². The molecule has 1 aromatic heterocycles. The maximum Gasteiger partial charge on any atom is 0.223 e. The van der Waals surface area contributed by atoms with Crippen molar-refractivity contribution < 1.29 is 4.79 Å². The SMILES string of the molecule is CCCC1CC(=O)N(Cc2nc(CCl)cs2)C1. The van der Waals surface area contributed by atoms with E-state index >= 15 is 0 Å². The lowest BCUT2D eigenvalue weighted by Gasteiger charge is -2.14. The van der Waals surface area contributed by atoms with Gasteiger partial charge in [0.05, 0.1) is 18.1 Å². The number of thiazole rings is 1. The summed E-state index contributed by atoms with van der Waals surface area (Å²) >= 11 is 7.30. The van der Waals surface area contributed by atoms with Crippen LogP contribution >= 0.6 is 22.9 Å². The highest BCUT2D eigenvalue weighted by Gasteiger charge is 2.29. The molecule has 1 atom stereocenters. The minimum absolute atomic E-state index is 0.270. The van der Waals surface area contributed by atoms with Gasteiger partial charge in [0.25, 0.3) is 0 Å². The van der Waals surface area contributed by atoms with Gasteiger partial charge in [-0.05, 0) is 12.3 Å². The maximum absolute atomic E-state index is 11.8. The van der Waals surface area contributed by atoms with Crippen LogP contribution in [0.4, 0.5) is 0 Å². The van der Waals surface area contributed by atoms with E-state index in [1.54, 1.807) is 11.3 Å². The molecule has 2 heterocycles. The molecule has 2 rings (SSSR count). The highest BCUT2D eigenvalue weighted by atomic mass is 35.5. The van der Waals surface area contributed by atoms with Gasteiger partial charge >= 0.3 is 0 Å². The van der Waals surface area contributed by atoms with E-state index in [4.69, 9.17) is 11.6 Å². The first-order valence-corrected chi connectivity index (χ1v) is 7.41. The minimum Gasteiger partial charge on any atom is -0.336 e. The largest absolute Gasteiger partial charge is 0.336 e. The number of alkyl halides is 1. The fourth-order valence-electron chi connectivity index (χ4n) is 2.25. The monoisotopic (exact) mass is 272 g/mol. The standard InChI is InChI=1S/C12H17ClN2OS/c1-2-3-9-4-12(16)15(6-9)7-11-14-10(5-13)8-17-11/h8-9H,2-7H2,1H3. The van der Waals surface area contributed by atoms with Crippen LogP contribution in [0.15, 0.2) is 5.38 Å². The van der Waals surface area contributed by atoms with Crippen LogP contribution in [0.2, 0.25) is 0 Å². The second kappa shape index (κ2) is 5.83. The van der Waals surface area contributed by atoms with Gasteiger partial charge in [-0.15, -0.1) is 22.9 Å². The smallest absolute Gasteiger partial charge is 0.223 e. The summed E-state index contributed by atoms with van der Waals surface area (Å²) in [5.74, 6) is 1.26. The molecule has 0 aliphatic carbocycles. The Morgan fingerprint density at radius 3 is 3.12 bits per heavy atom. The number of likely N-dealkylation sites (tertiary alicyclic amines) is 1. The Balaban J connectivity index is 1.93. The van der Waals surface area contributed by atoms with E-state index < -0.39 is 0 Å². The Bertz CT molecular complexity index is 394. The Kier molecular flexibility index (Phi) is 4.40. The molecule has 1 fully saturated rings. The molecule has 0 spiro atoms. The number of hydrogen-bond acceptors (Lipinski definition) is 3. The van der Waals surface area contributed by atoms with Gasteiger partial charge in [-0.2, -0.15) is 0 Å². The van der Waals surface area contributed by atoms with Gasteiger partial charge in [0.2, 0.25) is 5.91 Å². The minimum atomic E-state index is 0.270. The van der Waals surface area contributed by atoms with E-state index in [9.17, 15) is 4.79 Å². The summed E-state index contributed by atoms with van der Waals surface area (Å²) in [6.45, 7) is 3.71. The fourth-order valence-corrected chi connectivity index (χ4v) is 3.29. The van der Waals surface area contributed by atoms with Gasteiger partial charge in [0, 0.05) is 18.3 Å². The molecule has 1 saturated heterocycles.